The standard InChI is InChI=1S/C15H19NO4/c1-10(2)9-20-13-5-3-12(4-6-13)16-8-11(15(18)19)7-14(16)17/h3-6,10-11H,7-9H2,1-2H3,(H,18,19). The summed E-state index contributed by atoms with van der Waals surface area (Å²) in [5.74, 6) is -0.472. The van der Waals surface area contributed by atoms with Gasteiger partial charge in [-0.25, -0.2) is 0 Å². The first kappa shape index (κ1) is 14.4. The van der Waals surface area contributed by atoms with E-state index in [0.717, 1.165) is 11.4 Å². The van der Waals surface area contributed by atoms with Crippen LogP contribution in [-0.4, -0.2) is 30.1 Å². The lowest BCUT2D eigenvalue weighted by molar-refractivity contribution is -0.141. The van der Waals surface area contributed by atoms with Crippen LogP contribution in [0.5, 0.6) is 5.75 Å². The molecule has 0 bridgehead atoms. The van der Waals surface area contributed by atoms with Crippen LogP contribution in [0.25, 0.3) is 0 Å². The minimum atomic E-state index is -0.919. The zero-order chi connectivity index (χ0) is 14.7. The second kappa shape index (κ2) is 5.94. The summed E-state index contributed by atoms with van der Waals surface area (Å²) < 4.78 is 5.57. The van der Waals surface area contributed by atoms with Gasteiger partial charge in [-0.2, -0.15) is 0 Å². The van der Waals surface area contributed by atoms with E-state index in [9.17, 15) is 9.59 Å². The summed E-state index contributed by atoms with van der Waals surface area (Å²) in [6.07, 6.45) is 0.0704. The summed E-state index contributed by atoms with van der Waals surface area (Å²) in [5, 5.41) is 8.96. The number of anilines is 1. The van der Waals surface area contributed by atoms with Crippen LogP contribution in [0.1, 0.15) is 20.3 Å². The fourth-order valence-electron chi connectivity index (χ4n) is 2.11. The summed E-state index contributed by atoms with van der Waals surface area (Å²) in [6.45, 7) is 5.02. The van der Waals surface area contributed by atoms with Crippen molar-refractivity contribution in [2.75, 3.05) is 18.1 Å². The predicted octanol–water partition coefficient (Wildman–Crippen LogP) is 2.16. The Labute approximate surface area is 118 Å². The van der Waals surface area contributed by atoms with Crippen LogP contribution < -0.4 is 9.64 Å². The fourth-order valence-corrected chi connectivity index (χ4v) is 2.11. The molecule has 1 heterocycles. The number of carbonyl (C=O) groups excluding carboxylic acids is 1. The van der Waals surface area contributed by atoms with Crippen molar-refractivity contribution in [3.05, 3.63) is 24.3 Å². The number of nitrogens with zero attached hydrogens (tertiary/aromatic N) is 1. The SMILES string of the molecule is CC(C)COc1ccc(N2CC(C(=O)O)CC2=O)cc1. The molecule has 1 aliphatic rings. The van der Waals surface area contributed by atoms with E-state index in [-0.39, 0.29) is 18.9 Å². The van der Waals surface area contributed by atoms with Crippen molar-refractivity contribution in [1.29, 1.82) is 0 Å². The molecular weight excluding hydrogens is 258 g/mol. The van der Waals surface area contributed by atoms with Gasteiger partial charge < -0.3 is 14.7 Å². The molecule has 1 atom stereocenters. The Morgan fingerprint density at radius 3 is 2.55 bits per heavy atom. The first-order chi connectivity index (χ1) is 9.47. The lowest BCUT2D eigenvalue weighted by Gasteiger charge is -2.17. The molecule has 1 amide bonds. The Kier molecular flexibility index (Phi) is 4.27. The number of carbonyl (C=O) groups is 2. The minimum absolute atomic E-state index is 0.0704. The topological polar surface area (TPSA) is 66.8 Å². The van der Waals surface area contributed by atoms with Crippen LogP contribution >= 0.6 is 0 Å². The van der Waals surface area contributed by atoms with E-state index in [1.807, 2.05) is 0 Å². The molecular formula is C15H19NO4. The predicted molar refractivity (Wildman–Crippen MR) is 74.9 cm³/mol. The highest BCUT2D eigenvalue weighted by Crippen LogP contribution is 2.27. The number of hydrogen-bond donors (Lipinski definition) is 1. The first-order valence-electron chi connectivity index (χ1n) is 6.73. The molecule has 1 fully saturated rings. The number of benzene rings is 1. The number of amides is 1. The van der Waals surface area contributed by atoms with Crippen molar-refractivity contribution in [2.24, 2.45) is 11.8 Å². The van der Waals surface area contributed by atoms with Crippen molar-refractivity contribution < 1.29 is 19.4 Å². The summed E-state index contributed by atoms with van der Waals surface area (Å²) >= 11 is 0. The molecule has 1 unspecified atom stereocenters. The summed E-state index contributed by atoms with van der Waals surface area (Å²) in [5.41, 5.74) is 0.718. The molecule has 1 aromatic rings. The van der Waals surface area contributed by atoms with Crippen LogP contribution in [0.3, 0.4) is 0 Å². The van der Waals surface area contributed by atoms with Crippen molar-refractivity contribution in [3.8, 4) is 5.75 Å². The van der Waals surface area contributed by atoms with Gasteiger partial charge in [0.05, 0.1) is 12.5 Å². The number of carboxylic acids is 1. The van der Waals surface area contributed by atoms with Gasteiger partial charge in [0.15, 0.2) is 0 Å². The van der Waals surface area contributed by atoms with Gasteiger partial charge in [0, 0.05) is 18.7 Å². The molecule has 1 aliphatic heterocycles. The molecule has 0 saturated carbocycles. The number of hydrogen-bond acceptors (Lipinski definition) is 3. The molecule has 2 rings (SSSR count). The number of ether oxygens (including phenoxy) is 1. The summed E-state index contributed by atoms with van der Waals surface area (Å²) in [7, 11) is 0. The Balaban J connectivity index is 2.03. The monoisotopic (exact) mass is 277 g/mol. The lowest BCUT2D eigenvalue weighted by atomic mass is 10.1. The first-order valence-corrected chi connectivity index (χ1v) is 6.73. The average Bonchev–Trinajstić information content (AvgIpc) is 2.79. The molecule has 1 aromatic carbocycles. The van der Waals surface area contributed by atoms with Gasteiger partial charge in [0.1, 0.15) is 5.75 Å². The zero-order valence-electron chi connectivity index (χ0n) is 11.7. The normalized spacial score (nSPS) is 18.6. The average molecular weight is 277 g/mol. The van der Waals surface area contributed by atoms with Gasteiger partial charge in [0.2, 0.25) is 5.91 Å². The van der Waals surface area contributed by atoms with Crippen molar-refractivity contribution in [2.45, 2.75) is 20.3 Å². The summed E-state index contributed by atoms with van der Waals surface area (Å²) in [4.78, 5) is 24.3. The smallest absolute Gasteiger partial charge is 0.308 e. The molecule has 20 heavy (non-hydrogen) atoms. The van der Waals surface area contributed by atoms with Crippen molar-refractivity contribution in [1.82, 2.24) is 0 Å². The maximum absolute atomic E-state index is 11.8. The van der Waals surface area contributed by atoms with Gasteiger partial charge in [-0.15, -0.1) is 0 Å². The highest BCUT2D eigenvalue weighted by atomic mass is 16.5. The van der Waals surface area contributed by atoms with E-state index in [1.54, 1.807) is 24.3 Å². The number of aliphatic carboxylic acids is 1. The van der Waals surface area contributed by atoms with E-state index in [0.29, 0.717) is 12.5 Å². The number of rotatable bonds is 5. The van der Waals surface area contributed by atoms with Crippen LogP contribution in [-0.2, 0) is 9.59 Å². The third kappa shape index (κ3) is 3.29. The highest BCUT2D eigenvalue weighted by Gasteiger charge is 2.34. The van der Waals surface area contributed by atoms with E-state index < -0.39 is 11.9 Å². The molecule has 5 nitrogen and oxygen atoms in total. The Bertz CT molecular complexity index is 495. The van der Waals surface area contributed by atoms with Gasteiger partial charge in [-0.3, -0.25) is 9.59 Å². The van der Waals surface area contributed by atoms with Gasteiger partial charge in [-0.1, -0.05) is 13.8 Å². The van der Waals surface area contributed by atoms with Crippen LogP contribution in [0.15, 0.2) is 24.3 Å². The number of carboxylic acid groups (broad SMARTS) is 1. The largest absolute Gasteiger partial charge is 0.493 e. The van der Waals surface area contributed by atoms with Crippen molar-refractivity contribution >= 4 is 17.6 Å². The molecule has 1 saturated heterocycles. The quantitative estimate of drug-likeness (QED) is 0.895. The molecule has 0 aliphatic carbocycles. The maximum atomic E-state index is 11.8. The van der Waals surface area contributed by atoms with Gasteiger partial charge >= 0.3 is 5.97 Å². The highest BCUT2D eigenvalue weighted by molar-refractivity contribution is 5.99. The minimum Gasteiger partial charge on any atom is -0.493 e. The Morgan fingerprint density at radius 1 is 1.40 bits per heavy atom. The molecule has 108 valence electrons. The van der Waals surface area contributed by atoms with Crippen LogP contribution in [0.2, 0.25) is 0 Å². The molecule has 0 radical (unpaired) electrons. The second-order valence-electron chi connectivity index (χ2n) is 5.44. The summed E-state index contributed by atoms with van der Waals surface area (Å²) in [6, 6.07) is 7.19. The lowest BCUT2D eigenvalue weighted by Crippen LogP contribution is -2.25. The van der Waals surface area contributed by atoms with Gasteiger partial charge in [0.25, 0.3) is 0 Å². The van der Waals surface area contributed by atoms with E-state index in [1.165, 1.54) is 4.90 Å². The molecule has 5 heteroatoms. The van der Waals surface area contributed by atoms with Crippen molar-refractivity contribution in [3.63, 3.8) is 0 Å². The third-order valence-corrected chi connectivity index (χ3v) is 3.21. The van der Waals surface area contributed by atoms with E-state index >= 15 is 0 Å². The maximum Gasteiger partial charge on any atom is 0.308 e. The molecule has 0 aromatic heterocycles. The fraction of sp³-hybridized carbons (Fsp3) is 0.467. The van der Waals surface area contributed by atoms with Crippen LogP contribution in [0, 0.1) is 11.8 Å². The zero-order valence-corrected chi connectivity index (χ0v) is 11.7. The third-order valence-electron chi connectivity index (χ3n) is 3.21. The molecule has 1 N–H and O–H groups in total. The second-order valence-corrected chi connectivity index (χ2v) is 5.44. The Morgan fingerprint density at radius 2 is 2.05 bits per heavy atom. The molecule has 0 spiro atoms. The van der Waals surface area contributed by atoms with E-state index in [2.05, 4.69) is 13.8 Å². The van der Waals surface area contributed by atoms with Crippen LogP contribution in [0.4, 0.5) is 5.69 Å². The van der Waals surface area contributed by atoms with E-state index in [4.69, 9.17) is 9.84 Å². The Hall–Kier alpha value is -2.04. The van der Waals surface area contributed by atoms with Gasteiger partial charge in [-0.05, 0) is 30.2 Å².